The lowest BCUT2D eigenvalue weighted by atomic mass is 10.2. The van der Waals surface area contributed by atoms with E-state index in [9.17, 15) is 9.59 Å². The molecule has 0 unspecified atom stereocenters. The van der Waals surface area contributed by atoms with Crippen molar-refractivity contribution < 1.29 is 13.9 Å². The zero-order valence-electron chi connectivity index (χ0n) is 19.3. The summed E-state index contributed by atoms with van der Waals surface area (Å²) in [6.45, 7) is 5.69. The third kappa shape index (κ3) is 4.48. The maximum atomic E-state index is 13.3. The number of rotatable bonds is 8. The minimum Gasteiger partial charge on any atom is -0.467 e. The summed E-state index contributed by atoms with van der Waals surface area (Å²) < 4.78 is 15.0. The molecule has 4 heterocycles. The number of aromatic nitrogens is 3. The Labute approximate surface area is 201 Å². The predicted molar refractivity (Wildman–Crippen MR) is 132 cm³/mol. The van der Waals surface area contributed by atoms with Crippen molar-refractivity contribution in [3.63, 3.8) is 0 Å². The highest BCUT2D eigenvalue weighted by Gasteiger charge is 2.22. The number of ketones is 1. The Kier molecular flexibility index (Phi) is 6.43. The Balaban J connectivity index is 1.40. The van der Waals surface area contributed by atoms with Crippen molar-refractivity contribution >= 4 is 28.4 Å². The predicted octanol–water partition coefficient (Wildman–Crippen LogP) is 4.61. The fourth-order valence-corrected chi connectivity index (χ4v) is 5.40. The monoisotopic (exact) mass is 477 g/mol. The molecular weight excluding hydrogens is 450 g/mol. The average Bonchev–Trinajstić information content (AvgIpc) is 3.59. The normalized spacial score (nSPS) is 15.9. The highest BCUT2D eigenvalue weighted by Crippen LogP contribution is 2.24. The summed E-state index contributed by atoms with van der Waals surface area (Å²) >= 11 is 1.31. The molecule has 0 saturated carbocycles. The zero-order chi connectivity index (χ0) is 23.7. The Morgan fingerprint density at radius 1 is 1.18 bits per heavy atom. The lowest BCUT2D eigenvalue weighted by Crippen LogP contribution is -2.29. The number of para-hydroxylation sites is 1. The minimum absolute atomic E-state index is 0.00348. The van der Waals surface area contributed by atoms with Crippen LogP contribution in [0.25, 0.3) is 10.9 Å². The van der Waals surface area contributed by atoms with Crippen molar-refractivity contribution in [2.45, 2.75) is 51.0 Å². The van der Waals surface area contributed by atoms with E-state index < -0.39 is 0 Å². The van der Waals surface area contributed by atoms with Gasteiger partial charge in [-0.3, -0.25) is 14.2 Å². The van der Waals surface area contributed by atoms with Gasteiger partial charge in [-0.1, -0.05) is 23.9 Å². The minimum atomic E-state index is -0.0901. The summed E-state index contributed by atoms with van der Waals surface area (Å²) in [6, 6.07) is 13.1. The molecule has 7 nitrogen and oxygen atoms in total. The second kappa shape index (κ2) is 9.64. The van der Waals surface area contributed by atoms with Gasteiger partial charge in [-0.2, -0.15) is 0 Å². The zero-order valence-corrected chi connectivity index (χ0v) is 20.1. The topological polar surface area (TPSA) is 79.3 Å². The lowest BCUT2D eigenvalue weighted by molar-refractivity contribution is 0.0937. The molecule has 0 amide bonds. The van der Waals surface area contributed by atoms with Crippen LogP contribution in [0.4, 0.5) is 0 Å². The number of hydrogen-bond donors (Lipinski definition) is 0. The molecule has 0 aliphatic carbocycles. The van der Waals surface area contributed by atoms with Gasteiger partial charge in [-0.15, -0.1) is 0 Å². The molecule has 1 aliphatic rings. The summed E-state index contributed by atoms with van der Waals surface area (Å²) in [6.07, 6.45) is 3.56. The van der Waals surface area contributed by atoms with E-state index in [0.29, 0.717) is 34.7 Å². The molecule has 0 spiro atoms. The van der Waals surface area contributed by atoms with Gasteiger partial charge in [-0.05, 0) is 57.0 Å². The van der Waals surface area contributed by atoms with Gasteiger partial charge in [-0.25, -0.2) is 4.98 Å². The maximum Gasteiger partial charge on any atom is 0.262 e. The highest BCUT2D eigenvalue weighted by molar-refractivity contribution is 7.99. The third-order valence-corrected chi connectivity index (χ3v) is 7.31. The molecule has 4 aromatic rings. The van der Waals surface area contributed by atoms with E-state index in [2.05, 4.69) is 4.57 Å². The smallest absolute Gasteiger partial charge is 0.262 e. The molecular formula is C26H27N3O4S. The number of thioether (sulfide) groups is 1. The molecule has 1 aromatic carbocycles. The molecule has 0 radical (unpaired) electrons. The van der Waals surface area contributed by atoms with Crippen LogP contribution in [0.15, 0.2) is 63.1 Å². The molecule has 5 rings (SSSR count). The van der Waals surface area contributed by atoms with Gasteiger partial charge in [0.25, 0.3) is 5.56 Å². The van der Waals surface area contributed by atoms with E-state index in [1.165, 1.54) is 11.8 Å². The Bertz CT molecular complexity index is 1380. The van der Waals surface area contributed by atoms with Gasteiger partial charge < -0.3 is 13.7 Å². The molecule has 34 heavy (non-hydrogen) atoms. The van der Waals surface area contributed by atoms with Crippen molar-refractivity contribution in [1.82, 2.24) is 14.1 Å². The Hall–Kier alpha value is -3.10. The van der Waals surface area contributed by atoms with Crippen LogP contribution in [-0.4, -0.2) is 38.4 Å². The van der Waals surface area contributed by atoms with Crippen LogP contribution in [0.1, 0.15) is 40.3 Å². The van der Waals surface area contributed by atoms with Crippen molar-refractivity contribution in [2.75, 3.05) is 12.4 Å². The first-order valence-corrected chi connectivity index (χ1v) is 12.5. The number of nitrogens with zero attached hydrogens (tertiary/aromatic N) is 3. The van der Waals surface area contributed by atoms with Crippen LogP contribution in [-0.2, 0) is 17.8 Å². The van der Waals surface area contributed by atoms with E-state index in [1.54, 1.807) is 16.9 Å². The average molecular weight is 478 g/mol. The Morgan fingerprint density at radius 3 is 2.79 bits per heavy atom. The molecule has 0 bridgehead atoms. The first-order chi connectivity index (χ1) is 16.5. The summed E-state index contributed by atoms with van der Waals surface area (Å²) in [5.41, 5.74) is 3.14. The van der Waals surface area contributed by atoms with Crippen molar-refractivity contribution in [3.8, 4) is 0 Å². The van der Waals surface area contributed by atoms with Crippen LogP contribution >= 0.6 is 11.8 Å². The SMILES string of the molecule is Cc1cc(C(=O)CSc2nc3ccccc3c(=O)n2C[C@H]2CCCO2)c(C)n1Cc1ccco1. The third-order valence-electron chi connectivity index (χ3n) is 6.34. The fraction of sp³-hybridized carbons (Fsp3) is 0.346. The number of Topliss-reactive ketones (excluding diaryl/α,β-unsaturated/α-hetero) is 1. The van der Waals surface area contributed by atoms with Gasteiger partial charge in [0.05, 0.1) is 42.1 Å². The number of aryl methyl sites for hydroxylation is 1. The van der Waals surface area contributed by atoms with E-state index in [4.69, 9.17) is 14.1 Å². The first-order valence-electron chi connectivity index (χ1n) is 11.5. The van der Waals surface area contributed by atoms with Gasteiger partial charge in [0.2, 0.25) is 0 Å². The fourth-order valence-electron chi connectivity index (χ4n) is 4.50. The van der Waals surface area contributed by atoms with Gasteiger partial charge >= 0.3 is 0 Å². The van der Waals surface area contributed by atoms with E-state index >= 15 is 0 Å². The first kappa shape index (κ1) is 22.7. The lowest BCUT2D eigenvalue weighted by Gasteiger charge is -2.16. The van der Waals surface area contributed by atoms with Gasteiger partial charge in [0, 0.05) is 23.6 Å². The molecule has 3 aromatic heterocycles. The summed E-state index contributed by atoms with van der Waals surface area (Å²) in [5, 5.41) is 1.13. The molecule has 1 aliphatic heterocycles. The molecule has 1 saturated heterocycles. The molecule has 1 fully saturated rings. The van der Waals surface area contributed by atoms with Crippen LogP contribution in [0, 0.1) is 13.8 Å². The number of ether oxygens (including phenoxy) is 1. The van der Waals surface area contributed by atoms with E-state index in [-0.39, 0.29) is 23.2 Å². The van der Waals surface area contributed by atoms with Crippen LogP contribution in [0.2, 0.25) is 0 Å². The second-order valence-electron chi connectivity index (χ2n) is 8.62. The summed E-state index contributed by atoms with van der Waals surface area (Å²) in [4.78, 5) is 31.2. The number of carbonyl (C=O) groups excluding carboxylic acids is 1. The molecule has 176 valence electrons. The van der Waals surface area contributed by atoms with Crippen LogP contribution < -0.4 is 5.56 Å². The largest absolute Gasteiger partial charge is 0.467 e. The second-order valence-corrected chi connectivity index (χ2v) is 9.57. The van der Waals surface area contributed by atoms with Crippen LogP contribution in [0.3, 0.4) is 0 Å². The Morgan fingerprint density at radius 2 is 2.03 bits per heavy atom. The van der Waals surface area contributed by atoms with Crippen molar-refractivity contribution in [1.29, 1.82) is 0 Å². The summed E-state index contributed by atoms with van der Waals surface area (Å²) in [7, 11) is 0. The number of hydrogen-bond acceptors (Lipinski definition) is 6. The van der Waals surface area contributed by atoms with Crippen molar-refractivity contribution in [2.24, 2.45) is 0 Å². The van der Waals surface area contributed by atoms with Gasteiger partial charge in [0.15, 0.2) is 10.9 Å². The summed E-state index contributed by atoms with van der Waals surface area (Å²) in [5.74, 6) is 1.05. The molecule has 8 heteroatoms. The van der Waals surface area contributed by atoms with E-state index in [0.717, 1.165) is 36.6 Å². The number of carbonyl (C=O) groups is 1. The molecule has 1 atom stereocenters. The quantitative estimate of drug-likeness (QED) is 0.209. The standard InChI is InChI=1S/C26H27N3O4S/c1-17-13-22(18(2)28(17)14-19-7-5-11-32-19)24(30)16-34-26-27-23-10-4-3-9-21(23)25(31)29(26)15-20-8-6-12-33-20/h3-5,7,9-11,13,20H,6,8,12,14-16H2,1-2H3/t20-/m1/s1. The number of furan rings is 1. The van der Waals surface area contributed by atoms with E-state index in [1.807, 2.05) is 50.2 Å². The maximum absolute atomic E-state index is 13.3. The molecule has 0 N–H and O–H groups in total. The highest BCUT2D eigenvalue weighted by atomic mass is 32.2. The van der Waals surface area contributed by atoms with Crippen LogP contribution in [0.5, 0.6) is 0 Å². The number of fused-ring (bicyclic) bond motifs is 1. The number of benzene rings is 1. The van der Waals surface area contributed by atoms with Crippen molar-refractivity contribution in [3.05, 3.63) is 81.8 Å². The van der Waals surface area contributed by atoms with Gasteiger partial charge in [0.1, 0.15) is 5.76 Å².